The zero-order chi connectivity index (χ0) is 17.4. The minimum absolute atomic E-state index is 0.158. The molecule has 1 aromatic carbocycles. The topological polar surface area (TPSA) is 73.0 Å². The average molecular weight is 357 g/mol. The molecule has 1 fully saturated rings. The van der Waals surface area contributed by atoms with Gasteiger partial charge in [0.2, 0.25) is 0 Å². The summed E-state index contributed by atoms with van der Waals surface area (Å²) in [6.07, 6.45) is 3.64. The number of benzene rings is 1. The Hall–Kier alpha value is -2.60. The average Bonchev–Trinajstić information content (AvgIpc) is 3.17. The van der Waals surface area contributed by atoms with Crippen LogP contribution in [0.25, 0.3) is 11.3 Å². The van der Waals surface area contributed by atoms with E-state index in [1.165, 1.54) is 6.33 Å². The molecule has 0 radical (unpaired) electrons. The van der Waals surface area contributed by atoms with E-state index in [1.54, 1.807) is 22.9 Å². The molecule has 1 amide bonds. The molecule has 2 aromatic heterocycles. The third kappa shape index (κ3) is 3.17. The molecule has 0 bridgehead atoms. The number of hydrogen-bond acceptors (Lipinski definition) is 4. The quantitative estimate of drug-likeness (QED) is 0.758. The maximum atomic E-state index is 12.6. The molecule has 0 aliphatic heterocycles. The predicted octanol–water partition coefficient (Wildman–Crippen LogP) is 3.61. The third-order valence-corrected chi connectivity index (χ3v) is 4.70. The molecule has 0 unspecified atom stereocenters. The standard InChI is InChI=1S/C18H17ClN4O2/c1-23-17(20-10-21-23)16(11-6-7-11)22-18(24)15-9-8-14(25-15)12-4-2-3-5-13(12)19/h2-5,8-11,16H,6-7H2,1H3,(H,22,24)/t16-/m1/s1. The number of carbonyl (C=O) groups is 1. The first-order chi connectivity index (χ1) is 12.1. The van der Waals surface area contributed by atoms with Crippen LogP contribution in [-0.4, -0.2) is 20.7 Å². The summed E-state index contributed by atoms with van der Waals surface area (Å²) in [5.41, 5.74) is 0.760. The summed E-state index contributed by atoms with van der Waals surface area (Å²) < 4.78 is 7.42. The molecule has 4 rings (SSSR count). The first kappa shape index (κ1) is 15.9. The Morgan fingerprint density at radius 3 is 2.80 bits per heavy atom. The van der Waals surface area contributed by atoms with Crippen LogP contribution in [0.2, 0.25) is 5.02 Å². The SMILES string of the molecule is Cn1ncnc1[C@H](NC(=O)c1ccc(-c2ccccc2Cl)o1)C1CC1. The van der Waals surface area contributed by atoms with Crippen molar-refractivity contribution in [3.05, 3.63) is 59.3 Å². The van der Waals surface area contributed by atoms with Crippen molar-refractivity contribution in [1.82, 2.24) is 20.1 Å². The van der Waals surface area contributed by atoms with Gasteiger partial charge in [-0.3, -0.25) is 9.48 Å². The highest BCUT2D eigenvalue weighted by Gasteiger charge is 2.36. The van der Waals surface area contributed by atoms with Crippen LogP contribution in [0.5, 0.6) is 0 Å². The number of nitrogens with zero attached hydrogens (tertiary/aromatic N) is 3. The van der Waals surface area contributed by atoms with Gasteiger partial charge in [-0.15, -0.1) is 0 Å². The van der Waals surface area contributed by atoms with E-state index < -0.39 is 0 Å². The molecule has 7 heteroatoms. The molecule has 1 saturated carbocycles. The molecule has 1 N–H and O–H groups in total. The third-order valence-electron chi connectivity index (χ3n) is 4.37. The number of aryl methyl sites for hydroxylation is 1. The molecule has 1 aliphatic rings. The van der Waals surface area contributed by atoms with Gasteiger partial charge in [0.05, 0.1) is 11.1 Å². The van der Waals surface area contributed by atoms with Gasteiger partial charge in [0, 0.05) is 12.6 Å². The van der Waals surface area contributed by atoms with E-state index >= 15 is 0 Å². The molecular weight excluding hydrogens is 340 g/mol. The summed E-state index contributed by atoms with van der Waals surface area (Å²) in [5, 5.41) is 7.71. The molecule has 3 aromatic rings. The number of rotatable bonds is 5. The van der Waals surface area contributed by atoms with Crippen molar-refractivity contribution < 1.29 is 9.21 Å². The Bertz CT molecular complexity index is 913. The van der Waals surface area contributed by atoms with Crippen LogP contribution in [0.4, 0.5) is 0 Å². The normalized spacial score (nSPS) is 15.1. The number of aromatic nitrogens is 3. The van der Waals surface area contributed by atoms with Gasteiger partial charge >= 0.3 is 0 Å². The summed E-state index contributed by atoms with van der Waals surface area (Å²) >= 11 is 6.19. The lowest BCUT2D eigenvalue weighted by Gasteiger charge is -2.16. The van der Waals surface area contributed by atoms with Crippen molar-refractivity contribution in [2.45, 2.75) is 18.9 Å². The summed E-state index contributed by atoms with van der Waals surface area (Å²) in [7, 11) is 1.83. The lowest BCUT2D eigenvalue weighted by molar-refractivity contribution is 0.0901. The maximum absolute atomic E-state index is 12.6. The first-order valence-electron chi connectivity index (χ1n) is 8.13. The zero-order valence-electron chi connectivity index (χ0n) is 13.6. The molecule has 6 nitrogen and oxygen atoms in total. The van der Waals surface area contributed by atoms with Crippen LogP contribution in [0.3, 0.4) is 0 Å². The van der Waals surface area contributed by atoms with Gasteiger partial charge in [0.15, 0.2) is 5.76 Å². The highest BCUT2D eigenvalue weighted by atomic mass is 35.5. The number of halogens is 1. The lowest BCUT2D eigenvalue weighted by Crippen LogP contribution is -2.31. The second-order valence-corrected chi connectivity index (χ2v) is 6.58. The van der Waals surface area contributed by atoms with E-state index in [0.717, 1.165) is 24.2 Å². The van der Waals surface area contributed by atoms with Gasteiger partial charge in [-0.2, -0.15) is 5.10 Å². The highest BCUT2D eigenvalue weighted by molar-refractivity contribution is 6.33. The Balaban J connectivity index is 1.55. The smallest absolute Gasteiger partial charge is 0.287 e. The lowest BCUT2D eigenvalue weighted by atomic mass is 10.1. The Morgan fingerprint density at radius 1 is 1.32 bits per heavy atom. The van der Waals surface area contributed by atoms with E-state index in [0.29, 0.717) is 16.7 Å². The molecule has 128 valence electrons. The number of nitrogens with one attached hydrogen (secondary N) is 1. The maximum Gasteiger partial charge on any atom is 0.287 e. The largest absolute Gasteiger partial charge is 0.451 e. The fraction of sp³-hybridized carbons (Fsp3) is 0.278. The van der Waals surface area contributed by atoms with Crippen molar-refractivity contribution in [2.75, 3.05) is 0 Å². The van der Waals surface area contributed by atoms with Crippen molar-refractivity contribution in [1.29, 1.82) is 0 Å². The zero-order valence-corrected chi connectivity index (χ0v) is 14.4. The fourth-order valence-corrected chi connectivity index (χ4v) is 3.12. The van der Waals surface area contributed by atoms with Crippen LogP contribution >= 0.6 is 11.6 Å². The molecule has 25 heavy (non-hydrogen) atoms. The van der Waals surface area contributed by atoms with Crippen molar-refractivity contribution >= 4 is 17.5 Å². The second-order valence-electron chi connectivity index (χ2n) is 6.17. The molecule has 1 atom stereocenters. The summed E-state index contributed by atoms with van der Waals surface area (Å²) in [5.74, 6) is 1.71. The van der Waals surface area contributed by atoms with E-state index in [2.05, 4.69) is 15.4 Å². The van der Waals surface area contributed by atoms with Crippen LogP contribution in [0, 0.1) is 5.92 Å². The van der Waals surface area contributed by atoms with Gasteiger partial charge in [-0.25, -0.2) is 4.98 Å². The van der Waals surface area contributed by atoms with Crippen LogP contribution in [0.1, 0.15) is 35.3 Å². The van der Waals surface area contributed by atoms with E-state index in [4.69, 9.17) is 16.0 Å². The minimum Gasteiger partial charge on any atom is -0.451 e. The first-order valence-corrected chi connectivity index (χ1v) is 8.51. The molecule has 1 aliphatic carbocycles. The Labute approximate surface area is 149 Å². The van der Waals surface area contributed by atoms with E-state index in [1.807, 2.05) is 25.2 Å². The number of furan rings is 1. The molecule has 0 saturated heterocycles. The fourth-order valence-electron chi connectivity index (χ4n) is 2.89. The predicted molar refractivity (Wildman–Crippen MR) is 93.1 cm³/mol. The van der Waals surface area contributed by atoms with Crippen LogP contribution in [0.15, 0.2) is 47.1 Å². The van der Waals surface area contributed by atoms with Gasteiger partial charge < -0.3 is 9.73 Å². The van der Waals surface area contributed by atoms with Gasteiger partial charge in [0.1, 0.15) is 17.9 Å². The van der Waals surface area contributed by atoms with E-state index in [9.17, 15) is 4.79 Å². The highest BCUT2D eigenvalue weighted by Crippen LogP contribution is 2.40. The monoisotopic (exact) mass is 356 g/mol. The molecule has 0 spiro atoms. The van der Waals surface area contributed by atoms with E-state index in [-0.39, 0.29) is 17.7 Å². The summed E-state index contributed by atoms with van der Waals surface area (Å²) in [6, 6.07) is 10.6. The minimum atomic E-state index is -0.266. The van der Waals surface area contributed by atoms with Crippen molar-refractivity contribution in [2.24, 2.45) is 13.0 Å². The van der Waals surface area contributed by atoms with Crippen molar-refractivity contribution in [3.63, 3.8) is 0 Å². The van der Waals surface area contributed by atoms with Crippen LogP contribution in [-0.2, 0) is 7.05 Å². The number of hydrogen-bond donors (Lipinski definition) is 1. The number of amides is 1. The Kier molecular flexibility index (Phi) is 4.05. The van der Waals surface area contributed by atoms with Crippen LogP contribution < -0.4 is 5.32 Å². The molecule has 2 heterocycles. The van der Waals surface area contributed by atoms with Gasteiger partial charge in [0.25, 0.3) is 5.91 Å². The number of carbonyl (C=O) groups excluding carboxylic acids is 1. The second kappa shape index (κ2) is 6.37. The van der Waals surface area contributed by atoms with Crippen molar-refractivity contribution in [3.8, 4) is 11.3 Å². The van der Waals surface area contributed by atoms with Gasteiger partial charge in [-0.05, 0) is 43.0 Å². The summed E-state index contributed by atoms with van der Waals surface area (Å²) in [4.78, 5) is 16.9. The van der Waals surface area contributed by atoms with Gasteiger partial charge in [-0.1, -0.05) is 23.7 Å². The Morgan fingerprint density at radius 2 is 2.12 bits per heavy atom. The molecular formula is C18H17ClN4O2. The summed E-state index contributed by atoms with van der Waals surface area (Å²) in [6.45, 7) is 0.